The van der Waals surface area contributed by atoms with Crippen LogP contribution < -0.4 is 21.9 Å². The van der Waals surface area contributed by atoms with E-state index in [1.165, 1.54) is 10.8 Å². The first-order chi connectivity index (χ1) is 16.9. The van der Waals surface area contributed by atoms with Gasteiger partial charge in [-0.05, 0) is 18.6 Å². The van der Waals surface area contributed by atoms with E-state index in [-0.39, 0.29) is 35.6 Å². The van der Waals surface area contributed by atoms with E-state index in [0.717, 1.165) is 11.0 Å². The molecule has 2 aliphatic heterocycles. The van der Waals surface area contributed by atoms with Crippen LogP contribution in [0.4, 0.5) is 11.5 Å². The second-order valence-corrected chi connectivity index (χ2v) is 8.66. The van der Waals surface area contributed by atoms with Crippen molar-refractivity contribution < 1.29 is 18.7 Å². The highest BCUT2D eigenvalue weighted by Crippen LogP contribution is 2.19. The van der Waals surface area contributed by atoms with Crippen LogP contribution in [0, 0.1) is 0 Å². The number of nitrogen functional groups attached to an aromatic ring is 1. The Bertz CT molecular complexity index is 1160. The fourth-order valence-corrected chi connectivity index (χ4v) is 4.41. The predicted molar refractivity (Wildman–Crippen MR) is 129 cm³/mol. The summed E-state index contributed by atoms with van der Waals surface area (Å²) >= 11 is 0. The Labute approximate surface area is 202 Å². The maximum atomic E-state index is 13.4. The molecule has 2 aromatic heterocycles. The minimum atomic E-state index is -0.585. The lowest BCUT2D eigenvalue weighted by molar-refractivity contribution is -0.133. The third-order valence-electron chi connectivity index (χ3n) is 6.45. The molecule has 2 fully saturated rings. The number of ether oxygens (including phenoxy) is 1. The minimum Gasteiger partial charge on any atom is -0.459 e. The summed E-state index contributed by atoms with van der Waals surface area (Å²) in [7, 11) is 0. The highest BCUT2D eigenvalue weighted by atomic mass is 16.5. The van der Waals surface area contributed by atoms with Gasteiger partial charge in [0.1, 0.15) is 18.1 Å². The zero-order chi connectivity index (χ0) is 24.9. The number of piperazine rings is 1. The first-order valence-corrected chi connectivity index (χ1v) is 12.0. The fourth-order valence-electron chi connectivity index (χ4n) is 4.41. The summed E-state index contributed by atoms with van der Waals surface area (Å²) in [5.74, 6) is -0.203. The van der Waals surface area contributed by atoms with Gasteiger partial charge < -0.3 is 29.6 Å². The molecule has 12 nitrogen and oxygen atoms in total. The molecule has 0 bridgehead atoms. The van der Waals surface area contributed by atoms with Crippen LogP contribution in [-0.4, -0.2) is 83.2 Å². The van der Waals surface area contributed by atoms with Gasteiger partial charge in [-0.15, -0.1) is 0 Å². The number of rotatable bonds is 7. The number of hydrogen-bond donors (Lipinski definition) is 1. The topological polar surface area (TPSA) is 136 Å². The average molecular weight is 489 g/mol. The standard InChI is InChI=1S/C23H32N6O6/c1-2-3-6-28-20(24)19(26-11-14-34-15-12-26)22(32)29(23(28)33)16-18(30)25-7-9-27(10-8-25)21(31)17-5-4-13-35-17/h4-5,13H,2-3,6-12,14-16,24H2,1H3. The summed E-state index contributed by atoms with van der Waals surface area (Å²) < 4.78 is 12.9. The van der Waals surface area contributed by atoms with Gasteiger partial charge in [0.2, 0.25) is 5.91 Å². The Hall–Kier alpha value is -3.54. The third kappa shape index (κ3) is 5.11. The summed E-state index contributed by atoms with van der Waals surface area (Å²) in [4.78, 5) is 57.2. The van der Waals surface area contributed by atoms with E-state index >= 15 is 0 Å². The zero-order valence-corrected chi connectivity index (χ0v) is 20.0. The Balaban J connectivity index is 1.54. The second kappa shape index (κ2) is 10.8. The molecular weight excluding hydrogens is 456 g/mol. The van der Waals surface area contributed by atoms with E-state index in [4.69, 9.17) is 14.9 Å². The van der Waals surface area contributed by atoms with Gasteiger partial charge in [-0.3, -0.25) is 19.0 Å². The molecule has 0 atom stereocenters. The lowest BCUT2D eigenvalue weighted by Crippen LogP contribution is -2.53. The number of morpholine rings is 1. The first kappa shape index (κ1) is 24.6. The average Bonchev–Trinajstić information content (AvgIpc) is 3.42. The van der Waals surface area contributed by atoms with Gasteiger partial charge in [0.15, 0.2) is 5.76 Å². The molecule has 190 valence electrons. The number of anilines is 2. The van der Waals surface area contributed by atoms with E-state index in [9.17, 15) is 19.2 Å². The van der Waals surface area contributed by atoms with Crippen LogP contribution in [0.1, 0.15) is 30.3 Å². The van der Waals surface area contributed by atoms with Crippen LogP contribution in [0.25, 0.3) is 0 Å². The molecular formula is C23H32N6O6. The Morgan fingerprint density at radius 1 is 1.00 bits per heavy atom. The third-order valence-corrected chi connectivity index (χ3v) is 6.45. The molecule has 4 rings (SSSR count). The molecule has 0 radical (unpaired) electrons. The molecule has 0 unspecified atom stereocenters. The molecule has 4 heterocycles. The zero-order valence-electron chi connectivity index (χ0n) is 20.0. The molecule has 2 N–H and O–H groups in total. The van der Waals surface area contributed by atoms with Crippen LogP contribution >= 0.6 is 0 Å². The van der Waals surface area contributed by atoms with E-state index in [0.29, 0.717) is 65.4 Å². The van der Waals surface area contributed by atoms with Gasteiger partial charge in [0.25, 0.3) is 11.5 Å². The second-order valence-electron chi connectivity index (χ2n) is 8.66. The van der Waals surface area contributed by atoms with Crippen molar-refractivity contribution in [2.45, 2.75) is 32.9 Å². The van der Waals surface area contributed by atoms with Crippen LogP contribution in [-0.2, 0) is 22.6 Å². The molecule has 2 saturated heterocycles. The number of nitrogens with zero attached hydrogens (tertiary/aromatic N) is 5. The number of unbranched alkanes of at least 4 members (excludes halogenated alkanes) is 1. The van der Waals surface area contributed by atoms with Crippen molar-refractivity contribution >= 4 is 23.3 Å². The molecule has 35 heavy (non-hydrogen) atoms. The smallest absolute Gasteiger partial charge is 0.333 e. The Kier molecular flexibility index (Phi) is 7.59. The van der Waals surface area contributed by atoms with Crippen molar-refractivity contribution in [1.29, 1.82) is 0 Å². The fraction of sp³-hybridized carbons (Fsp3) is 0.565. The van der Waals surface area contributed by atoms with Crippen molar-refractivity contribution in [3.05, 3.63) is 45.0 Å². The summed E-state index contributed by atoms with van der Waals surface area (Å²) in [5.41, 5.74) is 5.40. The van der Waals surface area contributed by atoms with Crippen LogP contribution in [0.3, 0.4) is 0 Å². The molecule has 2 amide bonds. The maximum Gasteiger partial charge on any atom is 0.333 e. The number of amides is 2. The normalized spacial score (nSPS) is 16.5. The van der Waals surface area contributed by atoms with Crippen molar-refractivity contribution in [3.8, 4) is 0 Å². The molecule has 12 heteroatoms. The quantitative estimate of drug-likeness (QED) is 0.566. The number of aromatic nitrogens is 2. The van der Waals surface area contributed by atoms with Gasteiger partial charge >= 0.3 is 5.69 Å². The molecule has 2 aromatic rings. The van der Waals surface area contributed by atoms with E-state index in [1.54, 1.807) is 21.9 Å². The lowest BCUT2D eigenvalue weighted by Gasteiger charge is -2.34. The molecule has 0 saturated carbocycles. The molecule has 0 spiro atoms. The van der Waals surface area contributed by atoms with Gasteiger partial charge in [-0.1, -0.05) is 13.3 Å². The van der Waals surface area contributed by atoms with Gasteiger partial charge in [-0.25, -0.2) is 9.36 Å². The van der Waals surface area contributed by atoms with Crippen molar-refractivity contribution in [2.24, 2.45) is 0 Å². The highest BCUT2D eigenvalue weighted by molar-refractivity contribution is 5.91. The van der Waals surface area contributed by atoms with Crippen molar-refractivity contribution in [2.75, 3.05) is 63.1 Å². The van der Waals surface area contributed by atoms with Crippen LogP contribution in [0.2, 0.25) is 0 Å². The highest BCUT2D eigenvalue weighted by Gasteiger charge is 2.28. The maximum absolute atomic E-state index is 13.4. The van der Waals surface area contributed by atoms with Gasteiger partial charge in [0, 0.05) is 45.8 Å². The number of nitrogens with two attached hydrogens (primary N) is 1. The Morgan fingerprint density at radius 3 is 2.31 bits per heavy atom. The predicted octanol–water partition coefficient (Wildman–Crippen LogP) is -0.193. The monoisotopic (exact) mass is 488 g/mol. The molecule has 0 aliphatic carbocycles. The number of hydrogen-bond acceptors (Lipinski definition) is 8. The van der Waals surface area contributed by atoms with E-state index in [2.05, 4.69) is 0 Å². The van der Waals surface area contributed by atoms with Crippen LogP contribution in [0.5, 0.6) is 0 Å². The van der Waals surface area contributed by atoms with Crippen molar-refractivity contribution in [3.63, 3.8) is 0 Å². The number of carbonyl (C=O) groups is 2. The van der Waals surface area contributed by atoms with Gasteiger partial charge in [-0.2, -0.15) is 0 Å². The summed E-state index contributed by atoms with van der Waals surface area (Å²) in [6, 6.07) is 3.25. The SMILES string of the molecule is CCCCn1c(N)c(N2CCOCC2)c(=O)n(CC(=O)N2CCN(C(=O)c3ccco3)CC2)c1=O. The molecule has 2 aliphatic rings. The largest absolute Gasteiger partial charge is 0.459 e. The summed E-state index contributed by atoms with van der Waals surface area (Å²) in [5, 5.41) is 0. The summed E-state index contributed by atoms with van der Waals surface area (Å²) in [6.07, 6.45) is 3.00. The molecule has 0 aromatic carbocycles. The number of furan rings is 1. The Morgan fingerprint density at radius 2 is 1.69 bits per heavy atom. The van der Waals surface area contributed by atoms with E-state index < -0.39 is 11.2 Å². The lowest BCUT2D eigenvalue weighted by atomic mass is 10.2. The first-order valence-electron chi connectivity index (χ1n) is 12.0. The summed E-state index contributed by atoms with van der Waals surface area (Å²) in [6.45, 7) is 5.11. The number of carbonyl (C=O) groups excluding carboxylic acids is 2. The van der Waals surface area contributed by atoms with Crippen LogP contribution in [0.15, 0.2) is 32.4 Å². The minimum absolute atomic E-state index is 0.129. The van der Waals surface area contributed by atoms with E-state index in [1.807, 2.05) is 11.8 Å². The van der Waals surface area contributed by atoms with Crippen molar-refractivity contribution in [1.82, 2.24) is 18.9 Å². The van der Waals surface area contributed by atoms with Gasteiger partial charge in [0.05, 0.1) is 19.5 Å².